The van der Waals surface area contributed by atoms with Gasteiger partial charge in [-0.3, -0.25) is 0 Å². The average Bonchev–Trinajstić information content (AvgIpc) is 2.67. The molecule has 0 saturated carbocycles. The lowest BCUT2D eigenvalue weighted by atomic mass is 10.1. The zero-order valence-corrected chi connectivity index (χ0v) is 10.2. The standard InChI is InChI=1S/C10H19N3O3/c1-7(2)8(15-4)9-12-10(16-13-9)11-5-6-14-3/h7-8H,5-6H2,1-4H3,(H,11,12,13). The van der Waals surface area contributed by atoms with Gasteiger partial charge in [-0.15, -0.1) is 0 Å². The molecule has 0 saturated heterocycles. The number of methoxy groups -OCH3 is 2. The van der Waals surface area contributed by atoms with E-state index in [2.05, 4.69) is 15.5 Å². The number of hydrogen-bond acceptors (Lipinski definition) is 6. The van der Waals surface area contributed by atoms with Crippen LogP contribution in [0.1, 0.15) is 25.8 Å². The van der Waals surface area contributed by atoms with E-state index in [4.69, 9.17) is 14.0 Å². The number of ether oxygens (including phenoxy) is 2. The lowest BCUT2D eigenvalue weighted by Gasteiger charge is -2.14. The Hall–Kier alpha value is -1.14. The number of hydrogen-bond donors (Lipinski definition) is 1. The summed E-state index contributed by atoms with van der Waals surface area (Å²) in [4.78, 5) is 4.21. The maximum atomic E-state index is 5.30. The highest BCUT2D eigenvalue weighted by atomic mass is 16.5. The second-order valence-corrected chi connectivity index (χ2v) is 3.78. The quantitative estimate of drug-likeness (QED) is 0.714. The monoisotopic (exact) mass is 229 g/mol. The summed E-state index contributed by atoms with van der Waals surface area (Å²) in [7, 11) is 3.28. The molecule has 6 nitrogen and oxygen atoms in total. The van der Waals surface area contributed by atoms with Gasteiger partial charge in [0.2, 0.25) is 5.82 Å². The molecule has 1 atom stereocenters. The zero-order chi connectivity index (χ0) is 12.0. The van der Waals surface area contributed by atoms with E-state index in [1.54, 1.807) is 14.2 Å². The fraction of sp³-hybridized carbons (Fsp3) is 0.800. The SMILES string of the molecule is COCCNc1nc(C(OC)C(C)C)no1. The van der Waals surface area contributed by atoms with Gasteiger partial charge in [0.15, 0.2) is 0 Å². The van der Waals surface area contributed by atoms with Crippen LogP contribution in [-0.4, -0.2) is 37.5 Å². The molecule has 1 aromatic heterocycles. The number of aromatic nitrogens is 2. The van der Waals surface area contributed by atoms with Crippen molar-refractivity contribution in [2.45, 2.75) is 20.0 Å². The van der Waals surface area contributed by atoms with E-state index >= 15 is 0 Å². The normalized spacial score (nSPS) is 13.1. The first-order valence-electron chi connectivity index (χ1n) is 5.28. The predicted molar refractivity (Wildman–Crippen MR) is 59.3 cm³/mol. The van der Waals surface area contributed by atoms with Crippen molar-refractivity contribution in [3.8, 4) is 0 Å². The first-order chi connectivity index (χ1) is 7.69. The molecule has 0 bridgehead atoms. The molecule has 0 aliphatic heterocycles. The average molecular weight is 229 g/mol. The highest BCUT2D eigenvalue weighted by Gasteiger charge is 2.21. The van der Waals surface area contributed by atoms with Gasteiger partial charge in [-0.2, -0.15) is 4.98 Å². The summed E-state index contributed by atoms with van der Waals surface area (Å²) in [6.45, 7) is 5.32. The Morgan fingerprint density at radius 1 is 1.38 bits per heavy atom. The Balaban J connectivity index is 2.55. The molecular formula is C10H19N3O3. The second kappa shape index (κ2) is 6.44. The van der Waals surface area contributed by atoms with Gasteiger partial charge < -0.3 is 19.3 Å². The van der Waals surface area contributed by atoms with E-state index in [0.717, 1.165) is 0 Å². The first kappa shape index (κ1) is 12.9. The number of nitrogens with one attached hydrogen (secondary N) is 1. The molecule has 92 valence electrons. The predicted octanol–water partition coefficient (Wildman–Crippen LogP) is 1.47. The van der Waals surface area contributed by atoms with Gasteiger partial charge in [-0.1, -0.05) is 19.0 Å². The van der Waals surface area contributed by atoms with Crippen molar-refractivity contribution in [2.75, 3.05) is 32.7 Å². The Morgan fingerprint density at radius 2 is 2.12 bits per heavy atom. The lowest BCUT2D eigenvalue weighted by Crippen LogP contribution is -2.11. The third-order valence-corrected chi connectivity index (χ3v) is 2.14. The number of anilines is 1. The summed E-state index contributed by atoms with van der Waals surface area (Å²) < 4.78 is 15.2. The molecule has 1 rings (SSSR count). The second-order valence-electron chi connectivity index (χ2n) is 3.78. The van der Waals surface area contributed by atoms with E-state index in [0.29, 0.717) is 30.9 Å². The van der Waals surface area contributed by atoms with Crippen molar-refractivity contribution >= 4 is 6.01 Å². The molecule has 6 heteroatoms. The van der Waals surface area contributed by atoms with Gasteiger partial charge >= 0.3 is 6.01 Å². The van der Waals surface area contributed by atoms with Gasteiger partial charge in [-0.25, -0.2) is 0 Å². The maximum Gasteiger partial charge on any atom is 0.321 e. The molecular weight excluding hydrogens is 210 g/mol. The van der Waals surface area contributed by atoms with Crippen LogP contribution in [0.15, 0.2) is 4.52 Å². The molecule has 1 unspecified atom stereocenters. The summed E-state index contributed by atoms with van der Waals surface area (Å²) in [5, 5.41) is 6.84. The Kier molecular flexibility index (Phi) is 5.21. The largest absolute Gasteiger partial charge is 0.383 e. The fourth-order valence-electron chi connectivity index (χ4n) is 1.36. The van der Waals surface area contributed by atoms with Gasteiger partial charge in [0.25, 0.3) is 0 Å². The van der Waals surface area contributed by atoms with Crippen LogP contribution in [0.25, 0.3) is 0 Å². The van der Waals surface area contributed by atoms with Crippen molar-refractivity contribution in [3.63, 3.8) is 0 Å². The Morgan fingerprint density at radius 3 is 2.69 bits per heavy atom. The summed E-state index contributed by atoms with van der Waals surface area (Å²) in [6, 6.07) is 0.398. The lowest BCUT2D eigenvalue weighted by molar-refractivity contribution is 0.0556. The molecule has 0 aromatic carbocycles. The highest BCUT2D eigenvalue weighted by Crippen LogP contribution is 2.23. The molecule has 0 fully saturated rings. The highest BCUT2D eigenvalue weighted by molar-refractivity contribution is 5.18. The minimum atomic E-state index is -0.137. The molecule has 16 heavy (non-hydrogen) atoms. The van der Waals surface area contributed by atoms with Crippen LogP contribution in [0.5, 0.6) is 0 Å². The van der Waals surface area contributed by atoms with Crippen molar-refractivity contribution in [3.05, 3.63) is 5.82 Å². The number of nitrogens with zero attached hydrogens (tertiary/aromatic N) is 2. The molecule has 0 radical (unpaired) electrons. The van der Waals surface area contributed by atoms with Gasteiger partial charge in [-0.05, 0) is 5.92 Å². The van der Waals surface area contributed by atoms with Crippen molar-refractivity contribution in [2.24, 2.45) is 5.92 Å². The summed E-state index contributed by atoms with van der Waals surface area (Å²) >= 11 is 0. The van der Waals surface area contributed by atoms with Crippen LogP contribution in [0.3, 0.4) is 0 Å². The Bertz CT molecular complexity index is 301. The molecule has 1 N–H and O–H groups in total. The molecule has 0 aliphatic rings. The minimum Gasteiger partial charge on any atom is -0.383 e. The van der Waals surface area contributed by atoms with Crippen LogP contribution in [-0.2, 0) is 9.47 Å². The van der Waals surface area contributed by atoms with Crippen LogP contribution >= 0.6 is 0 Å². The molecule has 0 spiro atoms. The van der Waals surface area contributed by atoms with Crippen LogP contribution in [0, 0.1) is 5.92 Å². The third kappa shape index (κ3) is 3.46. The van der Waals surface area contributed by atoms with E-state index < -0.39 is 0 Å². The van der Waals surface area contributed by atoms with Crippen LogP contribution < -0.4 is 5.32 Å². The molecule has 0 amide bonds. The summed E-state index contributed by atoms with van der Waals surface area (Å²) in [5.41, 5.74) is 0. The third-order valence-electron chi connectivity index (χ3n) is 2.14. The summed E-state index contributed by atoms with van der Waals surface area (Å²) in [6.07, 6.45) is -0.137. The molecule has 1 heterocycles. The zero-order valence-electron chi connectivity index (χ0n) is 10.2. The van der Waals surface area contributed by atoms with Crippen LogP contribution in [0.4, 0.5) is 6.01 Å². The Labute approximate surface area is 95.3 Å². The van der Waals surface area contributed by atoms with E-state index in [1.807, 2.05) is 13.8 Å². The van der Waals surface area contributed by atoms with Crippen molar-refractivity contribution in [1.29, 1.82) is 0 Å². The summed E-state index contributed by atoms with van der Waals surface area (Å²) in [5.74, 6) is 0.867. The number of rotatable bonds is 7. The van der Waals surface area contributed by atoms with Crippen molar-refractivity contribution < 1.29 is 14.0 Å². The van der Waals surface area contributed by atoms with E-state index in [9.17, 15) is 0 Å². The van der Waals surface area contributed by atoms with Gasteiger partial charge in [0.1, 0.15) is 6.10 Å². The topological polar surface area (TPSA) is 69.4 Å². The smallest absolute Gasteiger partial charge is 0.321 e. The first-order valence-corrected chi connectivity index (χ1v) is 5.28. The van der Waals surface area contributed by atoms with Gasteiger partial charge in [0.05, 0.1) is 6.61 Å². The minimum absolute atomic E-state index is 0.137. The molecule has 0 aliphatic carbocycles. The maximum absolute atomic E-state index is 5.30. The van der Waals surface area contributed by atoms with E-state index in [-0.39, 0.29) is 6.10 Å². The van der Waals surface area contributed by atoms with Crippen molar-refractivity contribution in [1.82, 2.24) is 10.1 Å². The van der Waals surface area contributed by atoms with Crippen LogP contribution in [0.2, 0.25) is 0 Å². The molecule has 1 aromatic rings. The van der Waals surface area contributed by atoms with Gasteiger partial charge in [0, 0.05) is 20.8 Å². The van der Waals surface area contributed by atoms with E-state index in [1.165, 1.54) is 0 Å². The fourth-order valence-corrected chi connectivity index (χ4v) is 1.36.